The zero-order valence-corrected chi connectivity index (χ0v) is 7.05. The van der Waals surface area contributed by atoms with Crippen LogP contribution in [-0.4, -0.2) is 11.6 Å². The lowest BCUT2D eigenvalue weighted by Gasteiger charge is -2.11. The average Bonchev–Trinajstić information content (AvgIpc) is 2.08. The van der Waals surface area contributed by atoms with Gasteiger partial charge in [0, 0.05) is 15.3 Å². The zero-order chi connectivity index (χ0) is 11.8. The maximum absolute atomic E-state index is 11.5. The van der Waals surface area contributed by atoms with Gasteiger partial charge in [0.15, 0.2) is 11.6 Å². The van der Waals surface area contributed by atoms with Gasteiger partial charge in [0.2, 0.25) is 0 Å². The van der Waals surface area contributed by atoms with Gasteiger partial charge < -0.3 is 0 Å². The Morgan fingerprint density at radius 1 is 1.33 bits per heavy atom. The Kier molecular flexibility index (Phi) is 1.39. The summed E-state index contributed by atoms with van der Waals surface area (Å²) >= 11 is 0. The van der Waals surface area contributed by atoms with Crippen LogP contribution in [0.5, 0.6) is 0 Å². The molecule has 0 bridgehead atoms. The number of hydrogen-bond acceptors (Lipinski definition) is 2. The van der Waals surface area contributed by atoms with Gasteiger partial charge in [0.05, 0.1) is 0 Å². The van der Waals surface area contributed by atoms with Gasteiger partial charge in [-0.25, -0.2) is 0 Å². The molecule has 0 heterocycles. The fourth-order valence-corrected chi connectivity index (χ4v) is 1.02. The first-order chi connectivity index (χ1) is 6.73. The number of rotatable bonds is 1. The molecule has 64 valence electrons. The highest BCUT2D eigenvalue weighted by Crippen LogP contribution is 2.17. The number of ketones is 2. The summed E-state index contributed by atoms with van der Waals surface area (Å²) in [4.78, 5) is 22.8. The lowest BCUT2D eigenvalue weighted by Crippen LogP contribution is -2.15. The SMILES string of the molecule is [2H][13C]([2H])([2H])C(C)C1=CC(=O)C(C)=CC1=O. The van der Waals surface area contributed by atoms with Gasteiger partial charge in [0.1, 0.15) is 0 Å². The van der Waals surface area contributed by atoms with Crippen LogP contribution in [-0.2, 0) is 9.59 Å². The van der Waals surface area contributed by atoms with Gasteiger partial charge in [-0.05, 0) is 25.0 Å². The van der Waals surface area contributed by atoms with Crippen molar-refractivity contribution in [1.29, 1.82) is 0 Å². The van der Waals surface area contributed by atoms with E-state index >= 15 is 0 Å². The molecule has 12 heavy (non-hydrogen) atoms. The number of carbonyl (C=O) groups is 2. The highest BCUT2D eigenvalue weighted by Gasteiger charge is 2.19. The first-order valence-corrected chi connectivity index (χ1v) is 3.72. The Balaban J connectivity index is 3.04. The Morgan fingerprint density at radius 2 is 2.00 bits per heavy atom. The van der Waals surface area contributed by atoms with Gasteiger partial charge in [0.25, 0.3) is 0 Å². The third kappa shape index (κ3) is 1.52. The van der Waals surface area contributed by atoms with E-state index in [1.165, 1.54) is 19.9 Å². The van der Waals surface area contributed by atoms with E-state index in [0.29, 0.717) is 5.57 Å². The summed E-state index contributed by atoms with van der Waals surface area (Å²) in [5.74, 6) is -1.57. The minimum absolute atomic E-state index is 0.0746. The minimum Gasteiger partial charge on any atom is -0.290 e. The van der Waals surface area contributed by atoms with Crippen molar-refractivity contribution in [2.45, 2.75) is 20.7 Å². The van der Waals surface area contributed by atoms with Crippen molar-refractivity contribution >= 4 is 11.6 Å². The van der Waals surface area contributed by atoms with Gasteiger partial charge in [-0.3, -0.25) is 9.59 Å². The first kappa shape index (κ1) is 5.46. The van der Waals surface area contributed by atoms with Crippen molar-refractivity contribution in [3.05, 3.63) is 23.3 Å². The summed E-state index contributed by atoms with van der Waals surface area (Å²) in [5.41, 5.74) is 0.423. The smallest absolute Gasteiger partial charge is 0.182 e. The molecule has 0 aromatic rings. The summed E-state index contributed by atoms with van der Waals surface area (Å²) in [6.45, 7) is 0.715. The number of carbonyl (C=O) groups excluding carboxylic acids is 2. The quantitative estimate of drug-likeness (QED) is 0.441. The van der Waals surface area contributed by atoms with E-state index in [9.17, 15) is 9.59 Å². The molecule has 1 unspecified atom stereocenters. The Hall–Kier alpha value is -1.18. The van der Waals surface area contributed by atoms with Crippen LogP contribution in [0, 0.1) is 5.92 Å². The molecule has 0 saturated carbocycles. The molecule has 0 aliphatic heterocycles. The molecule has 2 nitrogen and oxygen atoms in total. The van der Waals surface area contributed by atoms with E-state index in [0.717, 1.165) is 6.08 Å². The maximum Gasteiger partial charge on any atom is 0.182 e. The van der Waals surface area contributed by atoms with Crippen molar-refractivity contribution < 1.29 is 13.7 Å². The molecule has 0 radical (unpaired) electrons. The molecule has 0 spiro atoms. The molecule has 0 saturated heterocycles. The zero-order valence-electron chi connectivity index (χ0n) is 10.0. The van der Waals surface area contributed by atoms with Crippen molar-refractivity contribution in [1.82, 2.24) is 0 Å². The largest absolute Gasteiger partial charge is 0.290 e. The summed E-state index contributed by atoms with van der Waals surface area (Å²) < 4.78 is 21.6. The van der Waals surface area contributed by atoms with Crippen molar-refractivity contribution in [3.63, 3.8) is 0 Å². The average molecular weight is 168 g/mol. The van der Waals surface area contributed by atoms with Crippen LogP contribution in [0.1, 0.15) is 24.8 Å². The predicted molar refractivity (Wildman–Crippen MR) is 46.7 cm³/mol. The molecule has 1 aliphatic rings. The normalized spacial score (nSPS) is 25.0. The van der Waals surface area contributed by atoms with Gasteiger partial charge >= 0.3 is 0 Å². The molecule has 0 aromatic carbocycles. The first-order valence-electron chi connectivity index (χ1n) is 5.22. The Bertz CT molecular complexity index is 375. The molecule has 1 atom stereocenters. The summed E-state index contributed by atoms with van der Waals surface area (Å²) in [5, 5.41) is 0. The van der Waals surface area contributed by atoms with Crippen LogP contribution in [0.25, 0.3) is 0 Å². The molecule has 0 N–H and O–H groups in total. The molecule has 2 heteroatoms. The highest BCUT2D eigenvalue weighted by atomic mass is 16.1. The van der Waals surface area contributed by atoms with Crippen molar-refractivity contribution in [2.75, 3.05) is 0 Å². The molecular formula is C10H12O2. The Morgan fingerprint density at radius 3 is 2.58 bits per heavy atom. The predicted octanol–water partition coefficient (Wildman–Crippen LogP) is 1.67. The fourth-order valence-electron chi connectivity index (χ4n) is 1.02. The van der Waals surface area contributed by atoms with Gasteiger partial charge in [-0.1, -0.05) is 13.8 Å². The second kappa shape index (κ2) is 3.05. The van der Waals surface area contributed by atoms with Crippen LogP contribution < -0.4 is 0 Å². The standard InChI is InChI=1S/C10H12O2/c1-6(2)8-5-9(11)7(3)4-10(8)12/h4-6H,1-3H3/i1+1D3. The van der Waals surface area contributed by atoms with E-state index < -0.39 is 12.8 Å². The van der Waals surface area contributed by atoms with E-state index in [-0.39, 0.29) is 17.1 Å². The monoisotopic (exact) mass is 168 g/mol. The van der Waals surface area contributed by atoms with Crippen molar-refractivity contribution in [2.24, 2.45) is 5.92 Å². The molecule has 1 rings (SSSR count). The van der Waals surface area contributed by atoms with Crippen LogP contribution in [0.3, 0.4) is 0 Å². The topological polar surface area (TPSA) is 34.1 Å². The maximum atomic E-state index is 11.5. The van der Waals surface area contributed by atoms with Crippen LogP contribution in [0.4, 0.5) is 0 Å². The van der Waals surface area contributed by atoms with E-state index in [4.69, 9.17) is 4.11 Å². The van der Waals surface area contributed by atoms with Crippen LogP contribution in [0.15, 0.2) is 23.3 Å². The van der Waals surface area contributed by atoms with E-state index in [2.05, 4.69) is 0 Å². The Labute approximate surface area is 76.2 Å². The second-order valence-corrected chi connectivity index (χ2v) is 2.88. The lowest BCUT2D eigenvalue weighted by molar-refractivity contribution is -0.115. The van der Waals surface area contributed by atoms with Gasteiger partial charge in [-0.15, -0.1) is 0 Å². The summed E-state index contributed by atoms with van der Waals surface area (Å²) in [7, 11) is 0. The lowest BCUT2D eigenvalue weighted by atomic mass is 9.93. The third-order valence-corrected chi connectivity index (χ3v) is 1.77. The molecular weight excluding hydrogens is 153 g/mol. The van der Waals surface area contributed by atoms with E-state index in [1.54, 1.807) is 0 Å². The fraction of sp³-hybridized carbons (Fsp3) is 0.400. The molecule has 0 fully saturated rings. The second-order valence-electron chi connectivity index (χ2n) is 2.88. The third-order valence-electron chi connectivity index (χ3n) is 1.77. The van der Waals surface area contributed by atoms with Crippen LogP contribution >= 0.6 is 0 Å². The van der Waals surface area contributed by atoms with Crippen LogP contribution in [0.2, 0.25) is 0 Å². The molecule has 1 aliphatic carbocycles. The van der Waals surface area contributed by atoms with Crippen molar-refractivity contribution in [3.8, 4) is 0 Å². The summed E-state index contributed by atoms with van der Waals surface area (Å²) in [6, 6.07) is 0. The number of allylic oxidation sites excluding steroid dienone is 4. The minimum atomic E-state index is -2.25. The number of hydrogen-bond donors (Lipinski definition) is 0. The summed E-state index contributed by atoms with van der Waals surface area (Å²) in [6.07, 6.45) is 2.33. The highest BCUT2D eigenvalue weighted by molar-refractivity contribution is 6.19. The van der Waals surface area contributed by atoms with Gasteiger partial charge in [-0.2, -0.15) is 0 Å². The molecule has 0 amide bonds. The van der Waals surface area contributed by atoms with E-state index in [1.807, 2.05) is 0 Å². The molecule has 0 aromatic heterocycles.